The van der Waals surface area contributed by atoms with Crippen LogP contribution < -0.4 is 5.73 Å². The van der Waals surface area contributed by atoms with Gasteiger partial charge in [0.15, 0.2) is 0 Å². The maximum Gasteiger partial charge on any atom is 0.0315 e. The van der Waals surface area contributed by atoms with Gasteiger partial charge in [-0.15, -0.1) is 24.8 Å². The first-order valence-electron chi connectivity index (χ1n) is 4.54. The highest BCUT2D eigenvalue weighted by Gasteiger charge is 2.21. The third kappa shape index (κ3) is 2.59. The molecular formula is C10H16Cl2N2. The number of nitrogens with zero attached hydrogens (tertiary/aromatic N) is 1. The van der Waals surface area contributed by atoms with E-state index in [1.54, 1.807) is 0 Å². The van der Waals surface area contributed by atoms with Crippen LogP contribution >= 0.6 is 24.8 Å². The molecule has 0 radical (unpaired) electrons. The molecule has 1 heterocycles. The molecule has 0 aromatic carbocycles. The Hall–Kier alpha value is -0.310. The van der Waals surface area contributed by atoms with Crippen molar-refractivity contribution in [3.05, 3.63) is 29.6 Å². The van der Waals surface area contributed by atoms with Gasteiger partial charge in [-0.1, -0.05) is 6.42 Å². The van der Waals surface area contributed by atoms with Gasteiger partial charge in [-0.2, -0.15) is 0 Å². The van der Waals surface area contributed by atoms with Gasteiger partial charge in [-0.05, 0) is 36.0 Å². The zero-order valence-electron chi connectivity index (χ0n) is 7.98. The lowest BCUT2D eigenvalue weighted by Gasteiger charge is -2.27. The Labute approximate surface area is 97.1 Å². The van der Waals surface area contributed by atoms with Crippen LogP contribution in [0.15, 0.2) is 18.5 Å². The lowest BCUT2D eigenvalue weighted by molar-refractivity contribution is 0.417. The average Bonchev–Trinajstić information content (AvgIpc) is 2.02. The summed E-state index contributed by atoms with van der Waals surface area (Å²) in [6.07, 6.45) is 7.80. The van der Waals surface area contributed by atoms with Crippen LogP contribution in [0.3, 0.4) is 0 Å². The first-order valence-corrected chi connectivity index (χ1v) is 4.54. The van der Waals surface area contributed by atoms with Gasteiger partial charge in [0.25, 0.3) is 0 Å². The molecule has 1 saturated carbocycles. The number of pyridine rings is 1. The fraction of sp³-hybridized carbons (Fsp3) is 0.500. The minimum atomic E-state index is 0. The molecule has 2 N–H and O–H groups in total. The fourth-order valence-corrected chi connectivity index (χ4v) is 1.73. The predicted molar refractivity (Wildman–Crippen MR) is 63.2 cm³/mol. The van der Waals surface area contributed by atoms with Gasteiger partial charge < -0.3 is 5.73 Å². The first-order chi connectivity index (χ1) is 5.92. The topological polar surface area (TPSA) is 38.9 Å². The third-order valence-corrected chi connectivity index (χ3v) is 2.71. The molecule has 2 nitrogen and oxygen atoms in total. The summed E-state index contributed by atoms with van der Waals surface area (Å²) in [5, 5.41) is 0. The van der Waals surface area contributed by atoms with Crippen LogP contribution in [-0.4, -0.2) is 4.98 Å². The maximum atomic E-state index is 5.63. The SMILES string of the molecule is Cl.Cl.NCc1cnccc1C1CCC1. The van der Waals surface area contributed by atoms with Crippen molar-refractivity contribution in [3.63, 3.8) is 0 Å². The van der Waals surface area contributed by atoms with Gasteiger partial charge in [0, 0.05) is 18.9 Å². The zero-order chi connectivity index (χ0) is 8.39. The number of nitrogens with two attached hydrogens (primary N) is 1. The Bertz CT molecular complexity index is 275. The number of hydrogen-bond donors (Lipinski definition) is 1. The van der Waals surface area contributed by atoms with Crippen LogP contribution in [-0.2, 0) is 6.54 Å². The smallest absolute Gasteiger partial charge is 0.0315 e. The summed E-state index contributed by atoms with van der Waals surface area (Å²) < 4.78 is 0. The fourth-order valence-electron chi connectivity index (χ4n) is 1.73. The van der Waals surface area contributed by atoms with Gasteiger partial charge in [-0.25, -0.2) is 0 Å². The van der Waals surface area contributed by atoms with E-state index in [0.717, 1.165) is 5.92 Å². The highest BCUT2D eigenvalue weighted by Crippen LogP contribution is 2.37. The molecule has 4 heteroatoms. The Kier molecular flexibility index (Phi) is 6.09. The first kappa shape index (κ1) is 13.7. The number of aromatic nitrogens is 1. The van der Waals surface area contributed by atoms with Crippen molar-refractivity contribution in [2.24, 2.45) is 5.73 Å². The molecule has 0 unspecified atom stereocenters. The second kappa shape index (κ2) is 6.23. The molecule has 14 heavy (non-hydrogen) atoms. The van der Waals surface area contributed by atoms with Crippen molar-refractivity contribution in [1.29, 1.82) is 0 Å². The summed E-state index contributed by atoms with van der Waals surface area (Å²) >= 11 is 0. The Morgan fingerprint density at radius 2 is 2.07 bits per heavy atom. The standard InChI is InChI=1S/C10H14N2.2ClH/c11-6-9-7-12-5-4-10(9)8-2-1-3-8;;/h4-5,7-8H,1-3,6,11H2;2*1H. The van der Waals surface area contributed by atoms with E-state index in [1.165, 1.54) is 30.4 Å². The minimum absolute atomic E-state index is 0. The van der Waals surface area contributed by atoms with E-state index in [1.807, 2.05) is 12.4 Å². The van der Waals surface area contributed by atoms with E-state index in [0.29, 0.717) is 6.54 Å². The van der Waals surface area contributed by atoms with E-state index in [2.05, 4.69) is 11.1 Å². The molecule has 1 aromatic rings. The Morgan fingerprint density at radius 1 is 1.36 bits per heavy atom. The van der Waals surface area contributed by atoms with Crippen LogP contribution in [0.2, 0.25) is 0 Å². The molecule has 80 valence electrons. The summed E-state index contributed by atoms with van der Waals surface area (Å²) in [6, 6.07) is 2.12. The monoisotopic (exact) mass is 234 g/mol. The van der Waals surface area contributed by atoms with E-state index in [9.17, 15) is 0 Å². The van der Waals surface area contributed by atoms with Crippen molar-refractivity contribution in [2.45, 2.75) is 31.7 Å². The van der Waals surface area contributed by atoms with E-state index in [4.69, 9.17) is 5.73 Å². The largest absolute Gasteiger partial charge is 0.326 e. The van der Waals surface area contributed by atoms with E-state index in [-0.39, 0.29) is 24.8 Å². The lowest BCUT2D eigenvalue weighted by Crippen LogP contribution is -2.13. The average molecular weight is 235 g/mol. The summed E-state index contributed by atoms with van der Waals surface area (Å²) in [4.78, 5) is 4.08. The summed E-state index contributed by atoms with van der Waals surface area (Å²) in [7, 11) is 0. The quantitative estimate of drug-likeness (QED) is 0.855. The molecule has 0 saturated heterocycles. The molecule has 0 atom stereocenters. The lowest BCUT2D eigenvalue weighted by atomic mass is 9.79. The van der Waals surface area contributed by atoms with Gasteiger partial charge >= 0.3 is 0 Å². The van der Waals surface area contributed by atoms with Gasteiger partial charge in [-0.3, -0.25) is 4.98 Å². The normalized spacial score (nSPS) is 14.9. The minimum Gasteiger partial charge on any atom is -0.326 e. The van der Waals surface area contributed by atoms with Crippen molar-refractivity contribution in [1.82, 2.24) is 4.98 Å². The van der Waals surface area contributed by atoms with Gasteiger partial charge in [0.2, 0.25) is 0 Å². The molecule has 0 bridgehead atoms. The van der Waals surface area contributed by atoms with Crippen molar-refractivity contribution in [2.75, 3.05) is 0 Å². The highest BCUT2D eigenvalue weighted by molar-refractivity contribution is 5.85. The second-order valence-electron chi connectivity index (χ2n) is 3.41. The predicted octanol–water partition coefficient (Wildman–Crippen LogP) is 2.65. The van der Waals surface area contributed by atoms with Crippen LogP contribution in [0.4, 0.5) is 0 Å². The third-order valence-electron chi connectivity index (χ3n) is 2.71. The Balaban J connectivity index is 0.000000845. The van der Waals surface area contributed by atoms with Crippen LogP contribution in [0.25, 0.3) is 0 Å². The molecule has 0 spiro atoms. The van der Waals surface area contributed by atoms with Crippen molar-refractivity contribution < 1.29 is 0 Å². The molecule has 0 amide bonds. The molecule has 1 aliphatic carbocycles. The number of hydrogen-bond acceptors (Lipinski definition) is 2. The summed E-state index contributed by atoms with van der Waals surface area (Å²) in [5.74, 6) is 0.770. The molecular weight excluding hydrogens is 219 g/mol. The molecule has 1 aromatic heterocycles. The summed E-state index contributed by atoms with van der Waals surface area (Å²) in [5.41, 5.74) is 8.28. The van der Waals surface area contributed by atoms with Crippen LogP contribution in [0.5, 0.6) is 0 Å². The van der Waals surface area contributed by atoms with Crippen LogP contribution in [0.1, 0.15) is 36.3 Å². The Morgan fingerprint density at radius 3 is 2.57 bits per heavy atom. The van der Waals surface area contributed by atoms with Gasteiger partial charge in [0.05, 0.1) is 0 Å². The molecule has 0 aliphatic heterocycles. The van der Waals surface area contributed by atoms with Crippen molar-refractivity contribution >= 4 is 24.8 Å². The second-order valence-corrected chi connectivity index (χ2v) is 3.41. The van der Waals surface area contributed by atoms with E-state index >= 15 is 0 Å². The highest BCUT2D eigenvalue weighted by atomic mass is 35.5. The zero-order valence-corrected chi connectivity index (χ0v) is 9.61. The van der Waals surface area contributed by atoms with E-state index < -0.39 is 0 Å². The van der Waals surface area contributed by atoms with Crippen LogP contribution in [0, 0.1) is 0 Å². The molecule has 1 fully saturated rings. The number of halogens is 2. The molecule has 2 rings (SSSR count). The maximum absolute atomic E-state index is 5.63. The molecule has 1 aliphatic rings. The van der Waals surface area contributed by atoms with Crippen molar-refractivity contribution in [3.8, 4) is 0 Å². The number of rotatable bonds is 2. The van der Waals surface area contributed by atoms with Gasteiger partial charge in [0.1, 0.15) is 0 Å². The summed E-state index contributed by atoms with van der Waals surface area (Å²) in [6.45, 7) is 0.625.